The quantitative estimate of drug-likeness (QED) is 0.682. The first-order valence-corrected chi connectivity index (χ1v) is 9.11. The lowest BCUT2D eigenvalue weighted by Crippen LogP contribution is -2.45. The molecule has 0 spiro atoms. The lowest BCUT2D eigenvalue weighted by molar-refractivity contribution is 0.113. The van der Waals surface area contributed by atoms with Crippen LogP contribution in [0.3, 0.4) is 0 Å². The predicted octanol–water partition coefficient (Wildman–Crippen LogP) is 3.61. The normalized spacial score (nSPS) is 16.2. The molecule has 7 heteroatoms. The Morgan fingerprint density at radius 2 is 1.85 bits per heavy atom. The van der Waals surface area contributed by atoms with Crippen LogP contribution >= 0.6 is 11.6 Å². The van der Waals surface area contributed by atoms with E-state index in [1.807, 2.05) is 37.3 Å². The van der Waals surface area contributed by atoms with Gasteiger partial charge in [0.1, 0.15) is 5.76 Å². The van der Waals surface area contributed by atoms with Crippen LogP contribution in [0.1, 0.15) is 17.3 Å². The molecule has 1 saturated heterocycles. The lowest BCUT2D eigenvalue weighted by atomic mass is 10.2. The first-order valence-electron chi connectivity index (χ1n) is 8.73. The monoisotopic (exact) mass is 372 g/mol. The molecule has 3 heterocycles. The van der Waals surface area contributed by atoms with Gasteiger partial charge in [-0.05, 0) is 19.1 Å². The van der Waals surface area contributed by atoms with Crippen molar-refractivity contribution >= 4 is 11.6 Å². The smallest absolute Gasteiger partial charge is 0.209 e. The highest BCUT2D eigenvalue weighted by atomic mass is 35.5. The van der Waals surface area contributed by atoms with E-state index >= 15 is 0 Å². The molecule has 1 aromatic carbocycles. The second-order valence-electron chi connectivity index (χ2n) is 6.61. The Hall–Kier alpha value is -2.15. The summed E-state index contributed by atoms with van der Waals surface area (Å²) in [5.74, 6) is 2.35. The average Bonchev–Trinajstić information content (AvgIpc) is 3.26. The van der Waals surface area contributed by atoms with Crippen molar-refractivity contribution in [2.75, 3.05) is 26.2 Å². The summed E-state index contributed by atoms with van der Waals surface area (Å²) in [4.78, 5) is 9.17. The molecule has 1 aliphatic rings. The van der Waals surface area contributed by atoms with Crippen LogP contribution in [0.4, 0.5) is 0 Å². The van der Waals surface area contributed by atoms with E-state index in [-0.39, 0.29) is 0 Å². The zero-order valence-corrected chi connectivity index (χ0v) is 15.4. The van der Waals surface area contributed by atoms with Gasteiger partial charge in [0, 0.05) is 49.4 Å². The van der Waals surface area contributed by atoms with E-state index in [2.05, 4.69) is 19.9 Å². The maximum atomic E-state index is 6.04. The van der Waals surface area contributed by atoms with E-state index in [1.54, 1.807) is 6.20 Å². The Morgan fingerprint density at radius 3 is 2.54 bits per heavy atom. The zero-order chi connectivity index (χ0) is 17.9. The molecule has 2 aromatic heterocycles. The Bertz CT molecular complexity index is 868. The third-order valence-electron chi connectivity index (χ3n) is 4.55. The number of oxazole rings is 1. The number of nitrogens with zero attached hydrogens (tertiary/aromatic N) is 4. The molecule has 136 valence electrons. The second-order valence-corrected chi connectivity index (χ2v) is 7.05. The Balaban J connectivity index is 1.30. The van der Waals surface area contributed by atoms with Gasteiger partial charge in [0.05, 0.1) is 18.4 Å². The SMILES string of the molecule is Cc1cc(CN2CCN(Cc3ncc(-c4cccc(Cl)c4)o3)CC2)no1. The van der Waals surface area contributed by atoms with E-state index in [4.69, 9.17) is 20.5 Å². The number of halogens is 1. The second kappa shape index (κ2) is 7.61. The summed E-state index contributed by atoms with van der Waals surface area (Å²) < 4.78 is 11.0. The predicted molar refractivity (Wildman–Crippen MR) is 98.7 cm³/mol. The molecule has 0 atom stereocenters. The number of aromatic nitrogens is 2. The third-order valence-corrected chi connectivity index (χ3v) is 4.78. The highest BCUT2D eigenvalue weighted by molar-refractivity contribution is 6.30. The van der Waals surface area contributed by atoms with Crippen LogP contribution in [0.25, 0.3) is 11.3 Å². The lowest BCUT2D eigenvalue weighted by Gasteiger charge is -2.33. The van der Waals surface area contributed by atoms with Crippen LogP contribution in [-0.4, -0.2) is 46.1 Å². The molecule has 0 aliphatic carbocycles. The van der Waals surface area contributed by atoms with E-state index < -0.39 is 0 Å². The van der Waals surface area contributed by atoms with E-state index in [0.717, 1.165) is 67.9 Å². The number of aryl methyl sites for hydroxylation is 1. The fourth-order valence-corrected chi connectivity index (χ4v) is 3.37. The van der Waals surface area contributed by atoms with Gasteiger partial charge in [0.25, 0.3) is 0 Å². The van der Waals surface area contributed by atoms with Crippen LogP contribution in [0.15, 0.2) is 45.5 Å². The molecule has 0 saturated carbocycles. The van der Waals surface area contributed by atoms with Crippen molar-refractivity contribution in [1.82, 2.24) is 19.9 Å². The van der Waals surface area contributed by atoms with E-state index in [9.17, 15) is 0 Å². The highest BCUT2D eigenvalue weighted by Crippen LogP contribution is 2.24. The molecule has 0 bridgehead atoms. The fourth-order valence-electron chi connectivity index (χ4n) is 3.18. The van der Waals surface area contributed by atoms with Crippen LogP contribution in [0.5, 0.6) is 0 Å². The van der Waals surface area contributed by atoms with Gasteiger partial charge in [0.2, 0.25) is 5.89 Å². The molecule has 4 rings (SSSR count). The van der Waals surface area contributed by atoms with Gasteiger partial charge in [-0.1, -0.05) is 28.9 Å². The summed E-state index contributed by atoms with van der Waals surface area (Å²) >= 11 is 6.04. The molecule has 26 heavy (non-hydrogen) atoms. The van der Waals surface area contributed by atoms with Crippen molar-refractivity contribution < 1.29 is 8.94 Å². The number of hydrogen-bond acceptors (Lipinski definition) is 6. The first kappa shape index (κ1) is 17.3. The molecule has 3 aromatic rings. The van der Waals surface area contributed by atoms with Crippen molar-refractivity contribution in [3.8, 4) is 11.3 Å². The third kappa shape index (κ3) is 4.15. The first-order chi connectivity index (χ1) is 12.7. The van der Waals surface area contributed by atoms with Gasteiger partial charge in [-0.25, -0.2) is 4.98 Å². The van der Waals surface area contributed by atoms with Gasteiger partial charge in [-0.15, -0.1) is 0 Å². The van der Waals surface area contributed by atoms with Crippen molar-refractivity contribution in [1.29, 1.82) is 0 Å². The van der Waals surface area contributed by atoms with Crippen molar-refractivity contribution in [3.05, 3.63) is 58.9 Å². The van der Waals surface area contributed by atoms with Crippen LogP contribution in [0.2, 0.25) is 5.02 Å². The zero-order valence-electron chi connectivity index (χ0n) is 14.7. The van der Waals surface area contributed by atoms with Gasteiger partial charge in [-0.2, -0.15) is 0 Å². The van der Waals surface area contributed by atoms with Crippen LogP contribution in [-0.2, 0) is 13.1 Å². The molecule has 0 unspecified atom stereocenters. The Labute approximate surface area is 157 Å². The van der Waals surface area contributed by atoms with Gasteiger partial charge in [0.15, 0.2) is 5.76 Å². The summed E-state index contributed by atoms with van der Waals surface area (Å²) in [6.07, 6.45) is 1.77. The molecule has 0 radical (unpaired) electrons. The summed E-state index contributed by atoms with van der Waals surface area (Å²) in [7, 11) is 0. The van der Waals surface area contributed by atoms with Crippen molar-refractivity contribution in [2.45, 2.75) is 20.0 Å². The minimum Gasteiger partial charge on any atom is -0.439 e. The molecule has 0 amide bonds. The topological polar surface area (TPSA) is 58.5 Å². The summed E-state index contributed by atoms with van der Waals surface area (Å²) in [5, 5.41) is 4.76. The molecule has 1 aliphatic heterocycles. The fraction of sp³-hybridized carbons (Fsp3) is 0.368. The number of piperazine rings is 1. The summed E-state index contributed by atoms with van der Waals surface area (Å²) in [5.41, 5.74) is 1.94. The molecule has 6 nitrogen and oxygen atoms in total. The van der Waals surface area contributed by atoms with Crippen LogP contribution < -0.4 is 0 Å². The van der Waals surface area contributed by atoms with Crippen molar-refractivity contribution in [2.24, 2.45) is 0 Å². The maximum absolute atomic E-state index is 6.04. The molecular weight excluding hydrogens is 352 g/mol. The van der Waals surface area contributed by atoms with E-state index in [0.29, 0.717) is 5.02 Å². The van der Waals surface area contributed by atoms with Gasteiger partial charge < -0.3 is 8.94 Å². The maximum Gasteiger partial charge on any atom is 0.209 e. The Kier molecular flexibility index (Phi) is 5.06. The number of hydrogen-bond donors (Lipinski definition) is 0. The van der Waals surface area contributed by atoms with E-state index in [1.165, 1.54) is 0 Å². The average molecular weight is 373 g/mol. The largest absolute Gasteiger partial charge is 0.439 e. The van der Waals surface area contributed by atoms with Gasteiger partial charge in [-0.3, -0.25) is 9.80 Å². The van der Waals surface area contributed by atoms with Crippen molar-refractivity contribution in [3.63, 3.8) is 0 Å². The standard InChI is InChI=1S/C19H21ClN4O2/c1-14-9-17(22-26-14)12-23-5-7-24(8-6-23)13-19-21-11-18(25-19)15-3-2-4-16(20)10-15/h2-4,9-11H,5-8,12-13H2,1H3. The van der Waals surface area contributed by atoms with Crippen LogP contribution in [0, 0.1) is 6.92 Å². The minimum atomic E-state index is 0.693. The number of benzene rings is 1. The Morgan fingerprint density at radius 1 is 1.08 bits per heavy atom. The number of rotatable bonds is 5. The summed E-state index contributed by atoms with van der Waals surface area (Å²) in [6, 6.07) is 9.62. The molecule has 1 fully saturated rings. The molecular formula is C19H21ClN4O2. The van der Waals surface area contributed by atoms with Gasteiger partial charge >= 0.3 is 0 Å². The minimum absolute atomic E-state index is 0.693. The highest BCUT2D eigenvalue weighted by Gasteiger charge is 2.20. The summed E-state index contributed by atoms with van der Waals surface area (Å²) in [6.45, 7) is 7.42. The molecule has 0 N–H and O–H groups in total.